The second-order valence-corrected chi connectivity index (χ2v) is 8.89. The summed E-state index contributed by atoms with van der Waals surface area (Å²) in [5.41, 5.74) is 3.83. The highest BCUT2D eigenvalue weighted by Crippen LogP contribution is 2.34. The predicted molar refractivity (Wildman–Crippen MR) is 136 cm³/mol. The number of amides is 1. The van der Waals surface area contributed by atoms with Crippen molar-refractivity contribution in [2.45, 2.75) is 27.7 Å². The maximum absolute atomic E-state index is 13.8. The van der Waals surface area contributed by atoms with E-state index in [1.165, 1.54) is 11.3 Å². The van der Waals surface area contributed by atoms with Crippen molar-refractivity contribution in [2.24, 2.45) is 0 Å². The van der Waals surface area contributed by atoms with Crippen molar-refractivity contribution < 1.29 is 4.79 Å². The van der Waals surface area contributed by atoms with Crippen LogP contribution >= 0.6 is 35.3 Å². The van der Waals surface area contributed by atoms with Gasteiger partial charge in [-0.3, -0.25) is 14.1 Å². The van der Waals surface area contributed by atoms with Crippen LogP contribution in [0, 0.1) is 13.8 Å². The number of rotatable bonds is 7. The van der Waals surface area contributed by atoms with Gasteiger partial charge in [-0.25, -0.2) is 9.97 Å². The Hall–Kier alpha value is -2.19. The van der Waals surface area contributed by atoms with E-state index in [2.05, 4.69) is 23.7 Å². The van der Waals surface area contributed by atoms with Crippen LogP contribution in [0.1, 0.15) is 35.6 Å². The molecule has 1 amide bonds. The number of fused-ring (bicyclic) bond motifs is 2. The summed E-state index contributed by atoms with van der Waals surface area (Å²) in [7, 11) is 0. The lowest BCUT2D eigenvalue weighted by atomic mass is 10.2. The molecule has 0 fully saturated rings. The molecule has 0 bridgehead atoms. The second kappa shape index (κ2) is 10.2. The van der Waals surface area contributed by atoms with Crippen molar-refractivity contribution in [2.75, 3.05) is 31.1 Å². The van der Waals surface area contributed by atoms with Crippen LogP contribution in [0.3, 0.4) is 0 Å². The van der Waals surface area contributed by atoms with Gasteiger partial charge in [0.15, 0.2) is 5.13 Å². The number of likely N-dealkylation sites (N-methyl/N-ethyl adjacent to an activating group) is 1. The number of carbonyl (C=O) groups excluding carboxylic acids is 1. The highest BCUT2D eigenvalue weighted by Gasteiger charge is 2.27. The van der Waals surface area contributed by atoms with Crippen LogP contribution in [-0.4, -0.2) is 51.4 Å². The number of aryl methyl sites for hydroxylation is 2. The summed E-state index contributed by atoms with van der Waals surface area (Å²) in [6.07, 6.45) is 1.88. The Bertz CT molecular complexity index is 1250. The number of pyridine rings is 1. The van der Waals surface area contributed by atoms with Gasteiger partial charge < -0.3 is 4.90 Å². The topological polar surface area (TPSA) is 53.7 Å². The lowest BCUT2D eigenvalue weighted by molar-refractivity contribution is 0.0977. The molecule has 4 rings (SSSR count). The molecule has 0 radical (unpaired) electrons. The fourth-order valence-electron chi connectivity index (χ4n) is 3.77. The maximum atomic E-state index is 13.8. The van der Waals surface area contributed by atoms with Crippen LogP contribution in [0.4, 0.5) is 5.13 Å². The van der Waals surface area contributed by atoms with Gasteiger partial charge in [0.05, 0.1) is 15.9 Å². The predicted octanol–water partition coefficient (Wildman–Crippen LogP) is 5.62. The van der Waals surface area contributed by atoms with Crippen LogP contribution < -0.4 is 4.90 Å². The molecule has 6 nitrogen and oxygen atoms in total. The Kier molecular flexibility index (Phi) is 7.77. The Morgan fingerprint density at radius 1 is 1.09 bits per heavy atom. The molecular weight excluding hydrogens is 465 g/mol. The lowest BCUT2D eigenvalue weighted by Gasteiger charge is -2.24. The van der Waals surface area contributed by atoms with Gasteiger partial charge in [-0.15, -0.1) is 12.4 Å². The third-order valence-electron chi connectivity index (χ3n) is 5.65. The largest absolute Gasteiger partial charge is 0.302 e. The molecule has 0 spiro atoms. The number of carbonyl (C=O) groups is 1. The molecule has 0 saturated heterocycles. The molecule has 0 N–H and O–H groups in total. The first-order chi connectivity index (χ1) is 14.9. The minimum absolute atomic E-state index is 0. The number of hydrogen-bond acceptors (Lipinski definition) is 5. The number of thiazole rings is 1. The highest BCUT2D eigenvalue weighted by molar-refractivity contribution is 7.22. The summed E-state index contributed by atoms with van der Waals surface area (Å²) >= 11 is 7.83. The van der Waals surface area contributed by atoms with Gasteiger partial charge >= 0.3 is 0 Å². The third kappa shape index (κ3) is 4.48. The molecule has 4 aromatic rings. The first kappa shape index (κ1) is 24.5. The van der Waals surface area contributed by atoms with Gasteiger partial charge in [-0.05, 0) is 56.8 Å². The summed E-state index contributed by atoms with van der Waals surface area (Å²) < 4.78 is 2.88. The van der Waals surface area contributed by atoms with Crippen LogP contribution in [0.25, 0.3) is 15.9 Å². The summed E-state index contributed by atoms with van der Waals surface area (Å²) in [6.45, 7) is 11.3. The second-order valence-electron chi connectivity index (χ2n) is 7.47. The Morgan fingerprint density at radius 3 is 2.56 bits per heavy atom. The van der Waals surface area contributed by atoms with Gasteiger partial charge in [-0.2, -0.15) is 0 Å². The quantitative estimate of drug-likeness (QED) is 0.336. The third-order valence-corrected chi connectivity index (χ3v) is 7.11. The molecule has 1 aromatic carbocycles. The fraction of sp³-hybridized carbons (Fsp3) is 0.348. The Labute approximate surface area is 203 Å². The number of benzene rings is 1. The zero-order valence-corrected chi connectivity index (χ0v) is 21.0. The van der Waals surface area contributed by atoms with Gasteiger partial charge in [0.25, 0.3) is 5.91 Å². The highest BCUT2D eigenvalue weighted by atomic mass is 35.5. The number of halogens is 2. The minimum Gasteiger partial charge on any atom is -0.302 e. The number of hydrogen-bond donors (Lipinski definition) is 0. The molecule has 0 aliphatic heterocycles. The standard InChI is InChI=1S/C23H26ClN5OS.ClH/c1-5-27(6-2)13-14-29(23-26-20-15(3)17(24)10-11-18(20)31-23)22(30)21-16(4)25-19-9-7-8-12-28(19)21;/h7-12H,5-6,13-14H2,1-4H3;1H. The Morgan fingerprint density at radius 2 is 1.84 bits per heavy atom. The number of nitrogens with zero attached hydrogens (tertiary/aromatic N) is 5. The molecular formula is C23H27Cl2N5OS. The van der Waals surface area contributed by atoms with Crippen molar-refractivity contribution in [1.29, 1.82) is 0 Å². The SMILES string of the molecule is CCN(CC)CCN(C(=O)c1c(C)nc2ccccn12)c1nc2c(C)c(Cl)ccc2s1.Cl. The monoisotopic (exact) mass is 491 g/mol. The van der Waals surface area contributed by atoms with E-state index in [1.807, 2.05) is 54.8 Å². The van der Waals surface area contributed by atoms with E-state index in [9.17, 15) is 4.79 Å². The molecule has 3 aromatic heterocycles. The van der Waals surface area contributed by atoms with Gasteiger partial charge in [0, 0.05) is 24.3 Å². The molecule has 0 aliphatic carbocycles. The molecule has 0 saturated carbocycles. The normalized spacial score (nSPS) is 11.3. The smallest absolute Gasteiger partial charge is 0.279 e. The van der Waals surface area contributed by atoms with Crippen LogP contribution in [-0.2, 0) is 0 Å². The number of anilines is 1. The van der Waals surface area contributed by atoms with E-state index in [0.29, 0.717) is 28.1 Å². The van der Waals surface area contributed by atoms with Crippen molar-refractivity contribution in [3.8, 4) is 0 Å². The van der Waals surface area contributed by atoms with E-state index in [-0.39, 0.29) is 18.3 Å². The average molecular weight is 492 g/mol. The minimum atomic E-state index is -0.0915. The van der Waals surface area contributed by atoms with Crippen LogP contribution in [0.15, 0.2) is 36.5 Å². The van der Waals surface area contributed by atoms with Gasteiger partial charge in [0.2, 0.25) is 0 Å². The molecule has 9 heteroatoms. The van der Waals surface area contributed by atoms with E-state index >= 15 is 0 Å². The fourth-order valence-corrected chi connectivity index (χ4v) is 4.97. The summed E-state index contributed by atoms with van der Waals surface area (Å²) in [5, 5.41) is 1.37. The molecule has 0 atom stereocenters. The lowest BCUT2D eigenvalue weighted by Crippen LogP contribution is -2.39. The van der Waals surface area contributed by atoms with Gasteiger partial charge in [0.1, 0.15) is 11.3 Å². The van der Waals surface area contributed by atoms with Crippen LogP contribution in [0.5, 0.6) is 0 Å². The first-order valence-corrected chi connectivity index (χ1v) is 11.7. The number of aromatic nitrogens is 3. The van der Waals surface area contributed by atoms with Crippen molar-refractivity contribution in [3.05, 3.63) is 58.5 Å². The Balaban J connectivity index is 0.00000289. The summed E-state index contributed by atoms with van der Waals surface area (Å²) in [4.78, 5) is 27.4. The van der Waals surface area contributed by atoms with Crippen LogP contribution in [0.2, 0.25) is 5.02 Å². The average Bonchev–Trinajstić information content (AvgIpc) is 3.34. The zero-order valence-electron chi connectivity index (χ0n) is 18.6. The number of imidazole rings is 1. The summed E-state index contributed by atoms with van der Waals surface area (Å²) in [6, 6.07) is 9.60. The van der Waals surface area contributed by atoms with E-state index in [4.69, 9.17) is 16.6 Å². The van der Waals surface area contributed by atoms with Crippen molar-refractivity contribution in [1.82, 2.24) is 19.3 Å². The van der Waals surface area contributed by atoms with E-state index in [0.717, 1.165) is 41.1 Å². The first-order valence-electron chi connectivity index (χ1n) is 10.5. The van der Waals surface area contributed by atoms with Crippen molar-refractivity contribution >= 4 is 62.2 Å². The van der Waals surface area contributed by atoms with E-state index in [1.54, 1.807) is 4.90 Å². The maximum Gasteiger partial charge on any atom is 0.279 e. The molecule has 0 unspecified atom stereocenters. The molecule has 32 heavy (non-hydrogen) atoms. The van der Waals surface area contributed by atoms with E-state index < -0.39 is 0 Å². The summed E-state index contributed by atoms with van der Waals surface area (Å²) in [5.74, 6) is -0.0915. The van der Waals surface area contributed by atoms with Crippen molar-refractivity contribution in [3.63, 3.8) is 0 Å². The van der Waals surface area contributed by atoms with Gasteiger partial charge in [-0.1, -0.05) is 42.9 Å². The molecule has 0 aliphatic rings. The molecule has 170 valence electrons. The zero-order chi connectivity index (χ0) is 22.1. The molecule has 3 heterocycles.